The Morgan fingerprint density at radius 3 is 3.07 bits per heavy atom. The van der Waals surface area contributed by atoms with Crippen molar-refractivity contribution in [3.63, 3.8) is 0 Å². The number of anilines is 1. The normalized spacial score (nSPS) is 19.4. The first kappa shape index (κ1) is 16.8. The van der Waals surface area contributed by atoms with Crippen molar-refractivity contribution in [2.24, 2.45) is 0 Å². The van der Waals surface area contributed by atoms with Gasteiger partial charge in [0.05, 0.1) is 23.3 Å². The number of hydrogen-bond acceptors (Lipinski definition) is 6. The van der Waals surface area contributed by atoms with E-state index in [1.807, 2.05) is 35.0 Å². The van der Waals surface area contributed by atoms with Crippen LogP contribution < -0.4 is 16.0 Å². The van der Waals surface area contributed by atoms with Gasteiger partial charge in [-0.25, -0.2) is 9.97 Å². The number of nitrogens with one attached hydrogen (secondary N) is 1. The van der Waals surface area contributed by atoms with Crippen molar-refractivity contribution in [2.75, 3.05) is 12.3 Å². The molecule has 0 bridgehead atoms. The van der Waals surface area contributed by atoms with Gasteiger partial charge in [0, 0.05) is 17.6 Å². The van der Waals surface area contributed by atoms with Gasteiger partial charge in [-0.3, -0.25) is 4.79 Å². The minimum Gasteiger partial charge on any atom is -0.491 e. The third kappa shape index (κ3) is 2.97. The van der Waals surface area contributed by atoms with Gasteiger partial charge < -0.3 is 24.8 Å². The molecule has 0 radical (unpaired) electrons. The Morgan fingerprint density at radius 2 is 2.14 bits per heavy atom. The molecule has 1 saturated heterocycles. The predicted octanol–water partition coefficient (Wildman–Crippen LogP) is 2.61. The van der Waals surface area contributed by atoms with Gasteiger partial charge in [0.2, 0.25) is 0 Å². The van der Waals surface area contributed by atoms with Crippen molar-refractivity contribution >= 4 is 27.8 Å². The highest BCUT2D eigenvalue weighted by molar-refractivity contribution is 5.81. The van der Waals surface area contributed by atoms with E-state index < -0.39 is 0 Å². The summed E-state index contributed by atoms with van der Waals surface area (Å²) in [5.74, 6) is 1.22. The Morgan fingerprint density at radius 1 is 1.25 bits per heavy atom. The quantitative estimate of drug-likeness (QED) is 0.566. The zero-order valence-electron chi connectivity index (χ0n) is 15.0. The molecule has 3 aromatic heterocycles. The van der Waals surface area contributed by atoms with Gasteiger partial charge >= 0.3 is 0 Å². The molecule has 8 nitrogen and oxygen atoms in total. The average Bonchev–Trinajstić information content (AvgIpc) is 3.33. The molecule has 4 aromatic rings. The summed E-state index contributed by atoms with van der Waals surface area (Å²) in [5, 5.41) is 1.58. The number of nitrogen functional groups attached to an aromatic ring is 1. The maximum atomic E-state index is 11.9. The van der Waals surface area contributed by atoms with Gasteiger partial charge in [0.1, 0.15) is 30.0 Å². The van der Waals surface area contributed by atoms with Crippen molar-refractivity contribution in [2.45, 2.75) is 25.2 Å². The number of benzene rings is 1. The van der Waals surface area contributed by atoms with Gasteiger partial charge in [-0.05, 0) is 43.2 Å². The second-order valence-corrected chi connectivity index (χ2v) is 6.88. The first-order valence-electron chi connectivity index (χ1n) is 9.16. The van der Waals surface area contributed by atoms with E-state index in [9.17, 15) is 4.79 Å². The topological polar surface area (TPSA) is 108 Å². The van der Waals surface area contributed by atoms with Crippen molar-refractivity contribution in [1.82, 2.24) is 19.5 Å². The van der Waals surface area contributed by atoms with Crippen molar-refractivity contribution in [3.05, 3.63) is 59.3 Å². The summed E-state index contributed by atoms with van der Waals surface area (Å²) in [6, 6.07) is 11.2. The lowest BCUT2D eigenvalue weighted by atomic mass is 10.2. The third-order valence-electron chi connectivity index (χ3n) is 5.03. The Hall–Kier alpha value is -3.39. The molecule has 0 saturated carbocycles. The van der Waals surface area contributed by atoms with Crippen molar-refractivity contribution in [1.29, 1.82) is 0 Å². The van der Waals surface area contributed by atoms with E-state index in [4.69, 9.17) is 15.2 Å². The fraction of sp³-hybridized carbons (Fsp3) is 0.250. The first-order chi connectivity index (χ1) is 13.7. The Bertz CT molecular complexity index is 1220. The average molecular weight is 377 g/mol. The standard InChI is InChI=1S/C20H19N5O3/c21-17-5-2-12-1-3-13(9-16(12)24-17)27-10-14-4-6-18(28-14)25-8-7-15-19(25)22-11-23-20(15)26/h1-3,5,7-9,11,14,18H,4,6,10H2,(H2,21,24)(H,22,23,26)/t14-,18+/m0/s1. The van der Waals surface area contributed by atoms with E-state index in [1.165, 1.54) is 6.33 Å². The number of pyridine rings is 1. The van der Waals surface area contributed by atoms with Crippen LogP contribution in [0.5, 0.6) is 5.75 Å². The van der Waals surface area contributed by atoms with Gasteiger partial charge in [0.15, 0.2) is 0 Å². The second-order valence-electron chi connectivity index (χ2n) is 6.88. The molecule has 1 fully saturated rings. The van der Waals surface area contributed by atoms with Crippen LogP contribution in [0.2, 0.25) is 0 Å². The minimum absolute atomic E-state index is 0.0334. The number of ether oxygens (including phenoxy) is 2. The molecule has 1 aliphatic rings. The van der Waals surface area contributed by atoms with E-state index in [1.54, 1.807) is 12.1 Å². The maximum absolute atomic E-state index is 11.9. The molecular formula is C20H19N5O3. The maximum Gasteiger partial charge on any atom is 0.260 e. The molecule has 0 amide bonds. The molecule has 1 aromatic carbocycles. The number of H-pyrrole nitrogens is 1. The fourth-order valence-electron chi connectivity index (χ4n) is 3.62. The molecule has 0 spiro atoms. The molecule has 0 unspecified atom stereocenters. The SMILES string of the molecule is Nc1ccc2ccc(OC[C@@H]3CC[C@H](n4ccc5c(=O)[nH]cnc54)O3)cc2n1. The Balaban J connectivity index is 1.28. The van der Waals surface area contributed by atoms with E-state index >= 15 is 0 Å². The van der Waals surface area contributed by atoms with Gasteiger partial charge in [0.25, 0.3) is 5.56 Å². The van der Waals surface area contributed by atoms with Crippen LogP contribution in [0, 0.1) is 0 Å². The summed E-state index contributed by atoms with van der Waals surface area (Å²) >= 11 is 0. The highest BCUT2D eigenvalue weighted by atomic mass is 16.6. The summed E-state index contributed by atoms with van der Waals surface area (Å²) in [6.45, 7) is 0.442. The number of aromatic amines is 1. The highest BCUT2D eigenvalue weighted by Crippen LogP contribution is 2.31. The van der Waals surface area contributed by atoms with Crippen LogP contribution >= 0.6 is 0 Å². The molecule has 4 heterocycles. The number of hydrogen-bond donors (Lipinski definition) is 2. The lowest BCUT2D eigenvalue weighted by Crippen LogP contribution is -2.18. The van der Waals surface area contributed by atoms with Crippen molar-refractivity contribution < 1.29 is 9.47 Å². The molecule has 0 aliphatic carbocycles. The van der Waals surface area contributed by atoms with Crippen LogP contribution in [0.1, 0.15) is 19.1 Å². The van der Waals surface area contributed by atoms with Crippen LogP contribution in [0.3, 0.4) is 0 Å². The van der Waals surface area contributed by atoms with Crippen LogP contribution in [0.25, 0.3) is 21.9 Å². The highest BCUT2D eigenvalue weighted by Gasteiger charge is 2.28. The van der Waals surface area contributed by atoms with E-state index in [-0.39, 0.29) is 17.9 Å². The van der Waals surface area contributed by atoms with Gasteiger partial charge in [-0.15, -0.1) is 0 Å². The van der Waals surface area contributed by atoms with Crippen LogP contribution in [-0.2, 0) is 4.74 Å². The van der Waals surface area contributed by atoms with Crippen LogP contribution in [0.4, 0.5) is 5.82 Å². The largest absolute Gasteiger partial charge is 0.491 e. The summed E-state index contributed by atoms with van der Waals surface area (Å²) in [5.41, 5.74) is 7.05. The lowest BCUT2D eigenvalue weighted by molar-refractivity contribution is -0.0156. The smallest absolute Gasteiger partial charge is 0.260 e. The van der Waals surface area contributed by atoms with Gasteiger partial charge in [-0.2, -0.15) is 0 Å². The summed E-state index contributed by atoms with van der Waals surface area (Å²) in [4.78, 5) is 23.1. The molecule has 28 heavy (non-hydrogen) atoms. The number of nitrogens with zero attached hydrogens (tertiary/aromatic N) is 3. The molecule has 3 N–H and O–H groups in total. The zero-order chi connectivity index (χ0) is 19.1. The third-order valence-corrected chi connectivity index (χ3v) is 5.03. The Labute approximate surface area is 159 Å². The molecule has 8 heteroatoms. The van der Waals surface area contributed by atoms with Crippen LogP contribution in [0.15, 0.2) is 53.7 Å². The van der Waals surface area contributed by atoms with Crippen molar-refractivity contribution in [3.8, 4) is 5.75 Å². The molecular weight excluding hydrogens is 358 g/mol. The number of rotatable bonds is 4. The fourth-order valence-corrected chi connectivity index (χ4v) is 3.62. The summed E-state index contributed by atoms with van der Waals surface area (Å²) in [6.07, 6.45) is 4.78. The van der Waals surface area contributed by atoms with Gasteiger partial charge in [-0.1, -0.05) is 0 Å². The van der Waals surface area contributed by atoms with Crippen LogP contribution in [-0.4, -0.2) is 32.2 Å². The van der Waals surface area contributed by atoms with E-state index in [0.29, 0.717) is 23.5 Å². The van der Waals surface area contributed by atoms with E-state index in [0.717, 1.165) is 29.5 Å². The molecule has 2 atom stereocenters. The van der Waals surface area contributed by atoms with E-state index in [2.05, 4.69) is 15.0 Å². The Kier molecular flexibility index (Phi) is 3.98. The lowest BCUT2D eigenvalue weighted by Gasteiger charge is -2.16. The molecule has 142 valence electrons. The first-order valence-corrected chi connectivity index (χ1v) is 9.16. The number of fused-ring (bicyclic) bond motifs is 2. The monoisotopic (exact) mass is 377 g/mol. The summed E-state index contributed by atoms with van der Waals surface area (Å²) in [7, 11) is 0. The summed E-state index contributed by atoms with van der Waals surface area (Å²) < 4.78 is 14.0. The minimum atomic E-state index is -0.154. The predicted molar refractivity (Wildman–Crippen MR) is 105 cm³/mol. The molecule has 1 aliphatic heterocycles. The second kappa shape index (κ2) is 6.65. The molecule has 5 rings (SSSR count). The number of nitrogens with two attached hydrogens (primary N) is 1. The zero-order valence-corrected chi connectivity index (χ0v) is 15.0. The number of aromatic nitrogens is 4.